The maximum atomic E-state index is 6.36. The Balaban J connectivity index is 1.89. The highest BCUT2D eigenvalue weighted by Gasteiger charge is 2.14. The summed E-state index contributed by atoms with van der Waals surface area (Å²) < 4.78 is 0. The van der Waals surface area contributed by atoms with Crippen molar-refractivity contribution in [2.45, 2.75) is 48.4 Å². The molecule has 0 saturated carbocycles. The molecule has 0 heterocycles. The van der Waals surface area contributed by atoms with Crippen LogP contribution in [0.2, 0.25) is 5.02 Å². The van der Waals surface area contributed by atoms with Crippen LogP contribution in [0.3, 0.4) is 0 Å². The first-order chi connectivity index (χ1) is 10.1. The standard InChI is InChI=1S/C18H20ClNS/c1-12(20)10-16-17(19)6-3-7-18(16)21-15-9-8-13-4-2-5-14(13)11-15/h3,6-9,11-12H,2,4-5,10,20H2,1H3. The lowest BCUT2D eigenvalue weighted by Crippen LogP contribution is -2.18. The predicted octanol–water partition coefficient (Wildman–Crippen LogP) is 4.87. The van der Waals surface area contributed by atoms with Crippen molar-refractivity contribution in [1.29, 1.82) is 0 Å². The Morgan fingerprint density at radius 1 is 1.19 bits per heavy atom. The van der Waals surface area contributed by atoms with Crippen molar-refractivity contribution in [2.24, 2.45) is 5.73 Å². The first-order valence-electron chi connectivity index (χ1n) is 7.46. The van der Waals surface area contributed by atoms with Crippen molar-refractivity contribution >= 4 is 23.4 Å². The predicted molar refractivity (Wildman–Crippen MR) is 91.4 cm³/mol. The fraction of sp³-hybridized carbons (Fsp3) is 0.333. The number of halogens is 1. The van der Waals surface area contributed by atoms with Crippen molar-refractivity contribution in [3.63, 3.8) is 0 Å². The highest BCUT2D eigenvalue weighted by atomic mass is 35.5. The third kappa shape index (κ3) is 3.45. The van der Waals surface area contributed by atoms with Gasteiger partial charge in [0.05, 0.1) is 0 Å². The van der Waals surface area contributed by atoms with Crippen molar-refractivity contribution in [3.8, 4) is 0 Å². The Morgan fingerprint density at radius 2 is 2.00 bits per heavy atom. The van der Waals surface area contributed by atoms with Gasteiger partial charge in [-0.1, -0.05) is 35.5 Å². The zero-order valence-electron chi connectivity index (χ0n) is 12.2. The van der Waals surface area contributed by atoms with Gasteiger partial charge >= 0.3 is 0 Å². The SMILES string of the molecule is CC(N)Cc1c(Cl)cccc1Sc1ccc2c(c1)CCC2. The zero-order valence-corrected chi connectivity index (χ0v) is 13.8. The minimum absolute atomic E-state index is 0.115. The number of hydrogen-bond acceptors (Lipinski definition) is 2. The van der Waals surface area contributed by atoms with Crippen LogP contribution in [-0.4, -0.2) is 6.04 Å². The second kappa shape index (κ2) is 6.43. The molecule has 1 unspecified atom stereocenters. The van der Waals surface area contributed by atoms with E-state index >= 15 is 0 Å². The molecule has 0 fully saturated rings. The van der Waals surface area contributed by atoms with Crippen LogP contribution in [0.5, 0.6) is 0 Å². The smallest absolute Gasteiger partial charge is 0.0449 e. The lowest BCUT2D eigenvalue weighted by molar-refractivity contribution is 0.729. The Labute approximate surface area is 135 Å². The van der Waals surface area contributed by atoms with Crippen LogP contribution < -0.4 is 5.73 Å². The fourth-order valence-corrected chi connectivity index (χ4v) is 4.26. The van der Waals surface area contributed by atoms with Crippen LogP contribution in [0, 0.1) is 0 Å². The summed E-state index contributed by atoms with van der Waals surface area (Å²) in [7, 11) is 0. The molecule has 3 rings (SSSR count). The summed E-state index contributed by atoms with van der Waals surface area (Å²) in [6.07, 6.45) is 4.54. The molecule has 0 radical (unpaired) electrons. The molecule has 1 aliphatic rings. The van der Waals surface area contributed by atoms with Gasteiger partial charge in [-0.05, 0) is 73.6 Å². The van der Waals surface area contributed by atoms with E-state index in [2.05, 4.69) is 24.3 Å². The topological polar surface area (TPSA) is 26.0 Å². The summed E-state index contributed by atoms with van der Waals surface area (Å²) in [5, 5.41) is 0.818. The van der Waals surface area contributed by atoms with Crippen LogP contribution >= 0.6 is 23.4 Å². The van der Waals surface area contributed by atoms with Gasteiger partial charge in [0.1, 0.15) is 0 Å². The molecule has 0 amide bonds. The highest BCUT2D eigenvalue weighted by molar-refractivity contribution is 7.99. The third-order valence-electron chi connectivity index (χ3n) is 3.90. The molecule has 1 aliphatic carbocycles. The minimum atomic E-state index is 0.115. The molecular formula is C18H20ClNS. The van der Waals surface area contributed by atoms with Crippen molar-refractivity contribution < 1.29 is 0 Å². The second-order valence-electron chi connectivity index (χ2n) is 5.78. The van der Waals surface area contributed by atoms with Crippen LogP contribution in [0.1, 0.15) is 30.0 Å². The highest BCUT2D eigenvalue weighted by Crippen LogP contribution is 2.36. The number of benzene rings is 2. The molecule has 0 saturated heterocycles. The van der Waals surface area contributed by atoms with E-state index in [1.807, 2.05) is 19.1 Å². The molecule has 3 heteroatoms. The number of hydrogen-bond donors (Lipinski definition) is 1. The monoisotopic (exact) mass is 317 g/mol. The summed E-state index contributed by atoms with van der Waals surface area (Å²) in [5.74, 6) is 0. The molecule has 0 spiro atoms. The van der Waals surface area contributed by atoms with Crippen LogP contribution in [-0.2, 0) is 19.3 Å². The average Bonchev–Trinajstić information content (AvgIpc) is 2.90. The van der Waals surface area contributed by atoms with Gasteiger partial charge in [0.2, 0.25) is 0 Å². The quantitative estimate of drug-likeness (QED) is 0.870. The van der Waals surface area contributed by atoms with Gasteiger partial charge < -0.3 is 5.73 Å². The van der Waals surface area contributed by atoms with Crippen LogP contribution in [0.25, 0.3) is 0 Å². The molecule has 1 nitrogen and oxygen atoms in total. The average molecular weight is 318 g/mol. The molecule has 0 aliphatic heterocycles. The molecule has 21 heavy (non-hydrogen) atoms. The lowest BCUT2D eigenvalue weighted by Gasteiger charge is -2.13. The number of nitrogens with two attached hydrogens (primary N) is 1. The minimum Gasteiger partial charge on any atom is -0.328 e. The maximum absolute atomic E-state index is 6.36. The van der Waals surface area contributed by atoms with Crippen LogP contribution in [0.4, 0.5) is 0 Å². The molecule has 0 bridgehead atoms. The lowest BCUT2D eigenvalue weighted by atomic mass is 10.1. The first-order valence-corrected chi connectivity index (χ1v) is 8.65. The van der Waals surface area contributed by atoms with Gasteiger partial charge in [0, 0.05) is 20.9 Å². The van der Waals surface area contributed by atoms with E-state index in [1.54, 1.807) is 11.8 Å². The number of rotatable bonds is 4. The fourth-order valence-electron chi connectivity index (χ4n) is 2.89. The zero-order chi connectivity index (χ0) is 14.8. The summed E-state index contributed by atoms with van der Waals surface area (Å²) >= 11 is 8.16. The van der Waals surface area contributed by atoms with Gasteiger partial charge in [0.15, 0.2) is 0 Å². The van der Waals surface area contributed by atoms with E-state index in [-0.39, 0.29) is 6.04 Å². The molecule has 0 aromatic heterocycles. The molecule has 110 valence electrons. The normalized spacial score (nSPS) is 15.0. The van der Waals surface area contributed by atoms with E-state index in [4.69, 9.17) is 17.3 Å². The molecule has 1 atom stereocenters. The van der Waals surface area contributed by atoms with Gasteiger partial charge in [0.25, 0.3) is 0 Å². The summed E-state index contributed by atoms with van der Waals surface area (Å²) in [4.78, 5) is 2.52. The van der Waals surface area contributed by atoms with E-state index in [9.17, 15) is 0 Å². The Hall–Kier alpha value is -0.960. The summed E-state index contributed by atoms with van der Waals surface area (Å²) in [6.45, 7) is 2.02. The Kier molecular flexibility index (Phi) is 4.58. The van der Waals surface area contributed by atoms with Gasteiger partial charge in [-0.2, -0.15) is 0 Å². The van der Waals surface area contributed by atoms with Crippen LogP contribution in [0.15, 0.2) is 46.2 Å². The van der Waals surface area contributed by atoms with Gasteiger partial charge in [-0.25, -0.2) is 0 Å². The van der Waals surface area contributed by atoms with E-state index < -0.39 is 0 Å². The van der Waals surface area contributed by atoms with E-state index in [0.717, 1.165) is 11.4 Å². The first kappa shape index (κ1) is 15.0. The summed E-state index contributed by atoms with van der Waals surface area (Å²) in [5.41, 5.74) is 10.2. The molecule has 2 N–H and O–H groups in total. The molecular weight excluding hydrogens is 298 g/mol. The molecule has 2 aromatic carbocycles. The third-order valence-corrected chi connectivity index (χ3v) is 5.35. The second-order valence-corrected chi connectivity index (χ2v) is 7.31. The summed E-state index contributed by atoms with van der Waals surface area (Å²) in [6, 6.07) is 13.1. The number of aryl methyl sites for hydroxylation is 2. The maximum Gasteiger partial charge on any atom is 0.0449 e. The number of fused-ring (bicyclic) bond motifs is 1. The largest absolute Gasteiger partial charge is 0.328 e. The molecule has 2 aromatic rings. The van der Waals surface area contributed by atoms with Gasteiger partial charge in [-0.3, -0.25) is 0 Å². The van der Waals surface area contributed by atoms with Gasteiger partial charge in [-0.15, -0.1) is 0 Å². The van der Waals surface area contributed by atoms with Crippen molar-refractivity contribution in [2.75, 3.05) is 0 Å². The van der Waals surface area contributed by atoms with E-state index in [1.165, 1.54) is 45.7 Å². The van der Waals surface area contributed by atoms with Crippen molar-refractivity contribution in [3.05, 3.63) is 58.1 Å². The van der Waals surface area contributed by atoms with E-state index in [0.29, 0.717) is 0 Å². The Bertz CT molecular complexity index is 652. The Morgan fingerprint density at radius 3 is 2.81 bits per heavy atom. The van der Waals surface area contributed by atoms with Crippen molar-refractivity contribution in [1.82, 2.24) is 0 Å².